The van der Waals surface area contributed by atoms with Gasteiger partial charge in [0, 0.05) is 5.56 Å². The number of nitrogen functional groups attached to an aromatic ring is 1. The van der Waals surface area contributed by atoms with Gasteiger partial charge >= 0.3 is 0 Å². The van der Waals surface area contributed by atoms with Gasteiger partial charge in [-0.25, -0.2) is 0 Å². The van der Waals surface area contributed by atoms with Crippen LogP contribution in [-0.2, 0) is 0 Å². The van der Waals surface area contributed by atoms with Crippen molar-refractivity contribution in [3.63, 3.8) is 0 Å². The lowest BCUT2D eigenvalue weighted by molar-refractivity contribution is 0.478. The highest BCUT2D eigenvalue weighted by Gasteiger charge is 2.07. The number of phenols is 1. The molecule has 0 amide bonds. The Morgan fingerprint density at radius 3 is 2.47 bits per heavy atom. The summed E-state index contributed by atoms with van der Waals surface area (Å²) in [5, 5.41) is 16.7. The average molecular weight is 251 g/mol. The largest absolute Gasteiger partial charge is 0.506 e. The molecule has 94 valence electrons. The minimum absolute atomic E-state index is 0.0857. The highest BCUT2D eigenvalue weighted by Crippen LogP contribution is 2.28. The number of hydrogen-bond donors (Lipinski definition) is 3. The van der Waals surface area contributed by atoms with Crippen LogP contribution in [0.3, 0.4) is 0 Å². The van der Waals surface area contributed by atoms with Crippen molar-refractivity contribution in [2.45, 2.75) is 0 Å². The van der Waals surface area contributed by atoms with Gasteiger partial charge in [-0.15, -0.1) is 0 Å². The van der Waals surface area contributed by atoms with Crippen LogP contribution in [0.25, 0.3) is 22.5 Å². The van der Waals surface area contributed by atoms with E-state index >= 15 is 0 Å². The summed E-state index contributed by atoms with van der Waals surface area (Å²) in [6.45, 7) is 0. The van der Waals surface area contributed by atoms with Crippen LogP contribution in [0.2, 0.25) is 0 Å². The minimum atomic E-state index is 0.0857. The summed E-state index contributed by atoms with van der Waals surface area (Å²) < 4.78 is 0. The Hall–Kier alpha value is -2.75. The third-order valence-corrected chi connectivity index (χ3v) is 2.99. The summed E-state index contributed by atoms with van der Waals surface area (Å²) in [5.74, 6) is 0.0857. The Bertz CT molecular complexity index is 704. The number of H-pyrrole nitrogens is 1. The molecule has 1 aromatic heterocycles. The molecule has 0 atom stereocenters. The van der Waals surface area contributed by atoms with Gasteiger partial charge in [-0.1, -0.05) is 30.3 Å². The van der Waals surface area contributed by atoms with Crippen molar-refractivity contribution in [1.82, 2.24) is 10.2 Å². The molecule has 19 heavy (non-hydrogen) atoms. The van der Waals surface area contributed by atoms with E-state index in [1.807, 2.05) is 36.4 Å². The molecule has 0 unspecified atom stereocenters. The number of rotatable bonds is 2. The number of aromatic nitrogens is 2. The summed E-state index contributed by atoms with van der Waals surface area (Å²) in [6.07, 6.45) is 0. The van der Waals surface area contributed by atoms with Crippen molar-refractivity contribution >= 4 is 5.69 Å². The molecule has 1 heterocycles. The predicted molar refractivity (Wildman–Crippen MR) is 75.5 cm³/mol. The molecule has 0 aliphatic heterocycles. The maximum atomic E-state index is 9.42. The van der Waals surface area contributed by atoms with Crippen LogP contribution < -0.4 is 5.73 Å². The molecule has 2 aromatic carbocycles. The number of anilines is 1. The highest BCUT2D eigenvalue weighted by molar-refractivity contribution is 5.72. The topological polar surface area (TPSA) is 74.9 Å². The standard InChI is InChI=1S/C15H13N3O/c16-12-8-11(6-7-15(12)19)14-9-13(17-18-14)10-4-2-1-3-5-10/h1-9,19H,16H2,(H,17,18). The zero-order valence-electron chi connectivity index (χ0n) is 10.2. The lowest BCUT2D eigenvalue weighted by atomic mass is 10.1. The maximum Gasteiger partial charge on any atom is 0.138 e. The molecule has 0 saturated carbocycles. The number of phenolic OH excluding ortho intramolecular Hbond substituents is 1. The first-order valence-electron chi connectivity index (χ1n) is 5.94. The van der Waals surface area contributed by atoms with Crippen molar-refractivity contribution in [2.24, 2.45) is 0 Å². The molecule has 0 aliphatic rings. The number of nitrogens with two attached hydrogens (primary N) is 1. The number of benzene rings is 2. The van der Waals surface area contributed by atoms with Crippen LogP contribution >= 0.6 is 0 Å². The van der Waals surface area contributed by atoms with Crippen LogP contribution in [0, 0.1) is 0 Å². The van der Waals surface area contributed by atoms with E-state index in [1.54, 1.807) is 18.2 Å². The van der Waals surface area contributed by atoms with Gasteiger partial charge < -0.3 is 10.8 Å². The first-order valence-corrected chi connectivity index (χ1v) is 5.94. The van der Waals surface area contributed by atoms with Crippen LogP contribution in [-0.4, -0.2) is 15.3 Å². The second kappa shape index (κ2) is 4.49. The molecular formula is C15H13N3O. The van der Waals surface area contributed by atoms with E-state index < -0.39 is 0 Å². The zero-order chi connectivity index (χ0) is 13.2. The Kier molecular flexibility index (Phi) is 2.68. The van der Waals surface area contributed by atoms with Crippen molar-refractivity contribution in [2.75, 3.05) is 5.73 Å². The van der Waals surface area contributed by atoms with Crippen LogP contribution in [0.4, 0.5) is 5.69 Å². The average Bonchev–Trinajstić information content (AvgIpc) is 2.93. The fourth-order valence-corrected chi connectivity index (χ4v) is 1.95. The molecule has 3 aromatic rings. The number of nitrogens with zero attached hydrogens (tertiary/aromatic N) is 1. The number of hydrogen-bond acceptors (Lipinski definition) is 3. The summed E-state index contributed by atoms with van der Waals surface area (Å²) in [6, 6.07) is 17.0. The fourth-order valence-electron chi connectivity index (χ4n) is 1.95. The summed E-state index contributed by atoms with van der Waals surface area (Å²) in [7, 11) is 0. The summed E-state index contributed by atoms with van der Waals surface area (Å²) in [4.78, 5) is 0. The van der Waals surface area contributed by atoms with Gasteiger partial charge in [0.1, 0.15) is 5.75 Å². The SMILES string of the molecule is Nc1cc(-c2cc(-c3ccccc3)[nH]n2)ccc1O. The van der Waals surface area contributed by atoms with Gasteiger partial charge in [0.25, 0.3) is 0 Å². The van der Waals surface area contributed by atoms with E-state index in [0.717, 1.165) is 22.5 Å². The molecule has 4 heteroatoms. The summed E-state index contributed by atoms with van der Waals surface area (Å²) >= 11 is 0. The third-order valence-electron chi connectivity index (χ3n) is 2.99. The van der Waals surface area contributed by atoms with Gasteiger partial charge in [0.2, 0.25) is 0 Å². The predicted octanol–water partition coefficient (Wildman–Crippen LogP) is 3.03. The second-order valence-electron chi connectivity index (χ2n) is 4.31. The lowest BCUT2D eigenvalue weighted by Gasteiger charge is -2.00. The number of nitrogens with one attached hydrogen (secondary N) is 1. The molecule has 0 bridgehead atoms. The Balaban J connectivity index is 1.99. The zero-order valence-corrected chi connectivity index (χ0v) is 10.2. The Morgan fingerprint density at radius 1 is 0.947 bits per heavy atom. The first-order chi connectivity index (χ1) is 9.24. The highest BCUT2D eigenvalue weighted by atomic mass is 16.3. The second-order valence-corrected chi connectivity index (χ2v) is 4.31. The quantitative estimate of drug-likeness (QED) is 0.484. The van der Waals surface area contributed by atoms with E-state index in [1.165, 1.54) is 0 Å². The first kappa shape index (κ1) is 11.3. The van der Waals surface area contributed by atoms with Crippen molar-refractivity contribution in [1.29, 1.82) is 0 Å². The Labute approximate surface area is 110 Å². The molecule has 4 nitrogen and oxygen atoms in total. The molecule has 0 spiro atoms. The van der Waals surface area contributed by atoms with E-state index in [9.17, 15) is 5.11 Å². The van der Waals surface area contributed by atoms with Crippen molar-refractivity contribution in [3.8, 4) is 28.3 Å². The van der Waals surface area contributed by atoms with E-state index in [-0.39, 0.29) is 5.75 Å². The monoisotopic (exact) mass is 251 g/mol. The van der Waals surface area contributed by atoms with Gasteiger partial charge in [-0.3, -0.25) is 5.10 Å². The number of aromatic hydroxyl groups is 1. The molecule has 3 rings (SSSR count). The van der Waals surface area contributed by atoms with Crippen LogP contribution in [0.1, 0.15) is 0 Å². The van der Waals surface area contributed by atoms with Crippen LogP contribution in [0.15, 0.2) is 54.6 Å². The van der Waals surface area contributed by atoms with Gasteiger partial charge in [0.15, 0.2) is 0 Å². The van der Waals surface area contributed by atoms with Crippen molar-refractivity contribution in [3.05, 3.63) is 54.6 Å². The van der Waals surface area contributed by atoms with E-state index in [4.69, 9.17) is 5.73 Å². The Morgan fingerprint density at radius 2 is 1.74 bits per heavy atom. The normalized spacial score (nSPS) is 10.5. The number of aromatic amines is 1. The minimum Gasteiger partial charge on any atom is -0.506 e. The van der Waals surface area contributed by atoms with Gasteiger partial charge in [-0.05, 0) is 29.8 Å². The molecule has 0 aliphatic carbocycles. The molecular weight excluding hydrogens is 238 g/mol. The van der Waals surface area contributed by atoms with Gasteiger partial charge in [-0.2, -0.15) is 5.10 Å². The fraction of sp³-hybridized carbons (Fsp3) is 0. The molecule has 0 saturated heterocycles. The molecule has 0 radical (unpaired) electrons. The van der Waals surface area contributed by atoms with E-state index in [0.29, 0.717) is 5.69 Å². The maximum absolute atomic E-state index is 9.42. The smallest absolute Gasteiger partial charge is 0.138 e. The molecule has 0 fully saturated rings. The lowest BCUT2D eigenvalue weighted by Crippen LogP contribution is -1.86. The molecule has 4 N–H and O–H groups in total. The summed E-state index contributed by atoms with van der Waals surface area (Å²) in [5.41, 5.74) is 9.73. The van der Waals surface area contributed by atoms with Crippen molar-refractivity contribution < 1.29 is 5.11 Å². The van der Waals surface area contributed by atoms with Gasteiger partial charge in [0.05, 0.1) is 17.1 Å². The van der Waals surface area contributed by atoms with E-state index in [2.05, 4.69) is 10.2 Å². The third kappa shape index (κ3) is 2.15. The van der Waals surface area contributed by atoms with Crippen LogP contribution in [0.5, 0.6) is 5.75 Å².